The number of likely N-dealkylation sites (tertiary alicyclic amines) is 1. The summed E-state index contributed by atoms with van der Waals surface area (Å²) in [6.45, 7) is 10.2. The molecule has 0 bridgehead atoms. The van der Waals surface area contributed by atoms with Gasteiger partial charge in [0.2, 0.25) is 0 Å². The first kappa shape index (κ1) is 16.3. The summed E-state index contributed by atoms with van der Waals surface area (Å²) in [5, 5.41) is 3.59. The van der Waals surface area contributed by atoms with Crippen molar-refractivity contribution in [2.75, 3.05) is 26.7 Å². The highest BCUT2D eigenvalue weighted by Gasteiger charge is 2.25. The summed E-state index contributed by atoms with van der Waals surface area (Å²) in [5.74, 6) is 1.77. The molecule has 118 valence electrons. The minimum absolute atomic E-state index is 0.419. The highest BCUT2D eigenvalue weighted by Crippen LogP contribution is 2.31. The molecule has 2 rings (SSSR count). The fourth-order valence-corrected chi connectivity index (χ4v) is 3.23. The van der Waals surface area contributed by atoms with Crippen LogP contribution < -0.4 is 10.1 Å². The van der Waals surface area contributed by atoms with E-state index in [-0.39, 0.29) is 0 Å². The molecular weight excluding hydrogens is 260 g/mol. The predicted octanol–water partition coefficient (Wildman–Crippen LogP) is 3.47. The molecule has 2 unspecified atom stereocenters. The van der Waals surface area contributed by atoms with Crippen molar-refractivity contribution in [1.29, 1.82) is 0 Å². The van der Waals surface area contributed by atoms with Crippen LogP contribution in [0.1, 0.15) is 45.2 Å². The van der Waals surface area contributed by atoms with Crippen LogP contribution in [-0.4, -0.2) is 37.7 Å². The standard InChI is InChI=1S/C18H30N2O/c1-14(2)19-12-16-8-7-11-20(13-16)15(3)17-9-5-6-10-18(17)21-4/h5-6,9-10,14-16,19H,7-8,11-13H2,1-4H3. The molecule has 1 aliphatic heterocycles. The zero-order chi connectivity index (χ0) is 15.2. The van der Waals surface area contributed by atoms with Gasteiger partial charge in [0, 0.05) is 24.2 Å². The summed E-state index contributed by atoms with van der Waals surface area (Å²) in [5.41, 5.74) is 1.30. The summed E-state index contributed by atoms with van der Waals surface area (Å²) < 4.78 is 5.52. The van der Waals surface area contributed by atoms with Crippen LogP contribution >= 0.6 is 0 Å². The average Bonchev–Trinajstić information content (AvgIpc) is 2.52. The van der Waals surface area contributed by atoms with Gasteiger partial charge in [0.05, 0.1) is 7.11 Å². The van der Waals surface area contributed by atoms with Crippen LogP contribution in [0.2, 0.25) is 0 Å². The third-order valence-corrected chi connectivity index (χ3v) is 4.50. The first-order valence-corrected chi connectivity index (χ1v) is 8.22. The molecule has 0 saturated carbocycles. The highest BCUT2D eigenvalue weighted by molar-refractivity contribution is 5.35. The lowest BCUT2D eigenvalue weighted by molar-refractivity contribution is 0.128. The molecule has 1 saturated heterocycles. The van der Waals surface area contributed by atoms with Gasteiger partial charge in [0.15, 0.2) is 0 Å². The number of piperidine rings is 1. The number of hydrogen-bond donors (Lipinski definition) is 1. The Morgan fingerprint density at radius 2 is 2.05 bits per heavy atom. The molecule has 1 heterocycles. The molecule has 0 spiro atoms. The smallest absolute Gasteiger partial charge is 0.123 e. The van der Waals surface area contributed by atoms with E-state index in [1.807, 2.05) is 6.07 Å². The lowest BCUT2D eigenvalue weighted by Crippen LogP contribution is -2.42. The number of ether oxygens (including phenoxy) is 1. The number of nitrogens with zero attached hydrogens (tertiary/aromatic N) is 1. The minimum atomic E-state index is 0.419. The number of nitrogens with one attached hydrogen (secondary N) is 1. The van der Waals surface area contributed by atoms with Crippen molar-refractivity contribution in [1.82, 2.24) is 10.2 Å². The van der Waals surface area contributed by atoms with E-state index < -0.39 is 0 Å². The molecule has 0 aliphatic carbocycles. The summed E-state index contributed by atoms with van der Waals surface area (Å²) in [6.07, 6.45) is 2.64. The van der Waals surface area contributed by atoms with E-state index in [4.69, 9.17) is 4.74 Å². The quantitative estimate of drug-likeness (QED) is 0.868. The Hall–Kier alpha value is -1.06. The van der Waals surface area contributed by atoms with E-state index in [1.54, 1.807) is 7.11 Å². The predicted molar refractivity (Wildman–Crippen MR) is 88.8 cm³/mol. The van der Waals surface area contributed by atoms with Crippen molar-refractivity contribution in [3.63, 3.8) is 0 Å². The van der Waals surface area contributed by atoms with Crippen LogP contribution in [0.4, 0.5) is 0 Å². The van der Waals surface area contributed by atoms with Crippen LogP contribution in [0.15, 0.2) is 24.3 Å². The second-order valence-electron chi connectivity index (χ2n) is 6.48. The topological polar surface area (TPSA) is 24.5 Å². The summed E-state index contributed by atoms with van der Waals surface area (Å²) in [4.78, 5) is 2.61. The number of benzene rings is 1. The Morgan fingerprint density at radius 3 is 2.76 bits per heavy atom. The molecule has 1 aliphatic rings. The van der Waals surface area contributed by atoms with Gasteiger partial charge in [-0.1, -0.05) is 32.0 Å². The maximum absolute atomic E-state index is 5.52. The number of methoxy groups -OCH3 is 1. The van der Waals surface area contributed by atoms with E-state index >= 15 is 0 Å². The van der Waals surface area contributed by atoms with E-state index in [2.05, 4.69) is 49.2 Å². The van der Waals surface area contributed by atoms with Crippen LogP contribution in [0.3, 0.4) is 0 Å². The number of hydrogen-bond acceptors (Lipinski definition) is 3. The Morgan fingerprint density at radius 1 is 1.29 bits per heavy atom. The van der Waals surface area contributed by atoms with Crippen molar-refractivity contribution in [3.05, 3.63) is 29.8 Å². The van der Waals surface area contributed by atoms with Crippen LogP contribution in [0.5, 0.6) is 5.75 Å². The number of para-hydroxylation sites is 1. The van der Waals surface area contributed by atoms with E-state index in [0.29, 0.717) is 12.1 Å². The minimum Gasteiger partial charge on any atom is -0.496 e. The summed E-state index contributed by atoms with van der Waals surface area (Å²) >= 11 is 0. The Bertz CT molecular complexity index is 433. The largest absolute Gasteiger partial charge is 0.496 e. The van der Waals surface area contributed by atoms with Crippen LogP contribution in [0.25, 0.3) is 0 Å². The second kappa shape index (κ2) is 7.81. The van der Waals surface area contributed by atoms with Gasteiger partial charge in [0.1, 0.15) is 5.75 Å². The normalized spacial score (nSPS) is 21.5. The van der Waals surface area contributed by atoms with Crippen molar-refractivity contribution in [3.8, 4) is 5.75 Å². The molecular formula is C18H30N2O. The second-order valence-corrected chi connectivity index (χ2v) is 6.48. The van der Waals surface area contributed by atoms with Crippen molar-refractivity contribution >= 4 is 0 Å². The van der Waals surface area contributed by atoms with Crippen LogP contribution in [-0.2, 0) is 0 Å². The number of rotatable bonds is 6. The van der Waals surface area contributed by atoms with Crippen LogP contribution in [0, 0.1) is 5.92 Å². The molecule has 3 heteroatoms. The Balaban J connectivity index is 2.00. The maximum atomic E-state index is 5.52. The molecule has 0 radical (unpaired) electrons. The van der Waals surface area contributed by atoms with E-state index in [0.717, 1.165) is 18.2 Å². The fraction of sp³-hybridized carbons (Fsp3) is 0.667. The van der Waals surface area contributed by atoms with Gasteiger partial charge in [-0.05, 0) is 44.8 Å². The van der Waals surface area contributed by atoms with Gasteiger partial charge in [-0.2, -0.15) is 0 Å². The van der Waals surface area contributed by atoms with Crippen molar-refractivity contribution < 1.29 is 4.74 Å². The van der Waals surface area contributed by atoms with Gasteiger partial charge >= 0.3 is 0 Å². The SMILES string of the molecule is COc1ccccc1C(C)N1CCCC(CNC(C)C)C1. The van der Waals surface area contributed by atoms with E-state index in [1.165, 1.54) is 31.5 Å². The first-order chi connectivity index (χ1) is 10.1. The van der Waals surface area contributed by atoms with Gasteiger partial charge in [-0.3, -0.25) is 4.90 Å². The molecule has 21 heavy (non-hydrogen) atoms. The maximum Gasteiger partial charge on any atom is 0.123 e. The van der Waals surface area contributed by atoms with Gasteiger partial charge in [0.25, 0.3) is 0 Å². The molecule has 1 fully saturated rings. The molecule has 0 amide bonds. The Labute approximate surface area is 129 Å². The molecule has 1 aromatic carbocycles. The lowest BCUT2D eigenvalue weighted by atomic mass is 9.94. The molecule has 1 N–H and O–H groups in total. The molecule has 2 atom stereocenters. The third kappa shape index (κ3) is 4.45. The van der Waals surface area contributed by atoms with Crippen molar-refractivity contribution in [2.24, 2.45) is 5.92 Å². The molecule has 1 aromatic rings. The van der Waals surface area contributed by atoms with E-state index in [9.17, 15) is 0 Å². The highest BCUT2D eigenvalue weighted by atomic mass is 16.5. The third-order valence-electron chi connectivity index (χ3n) is 4.50. The lowest BCUT2D eigenvalue weighted by Gasteiger charge is -2.37. The van der Waals surface area contributed by atoms with Gasteiger partial charge in [-0.15, -0.1) is 0 Å². The zero-order valence-corrected chi connectivity index (χ0v) is 13.9. The summed E-state index contributed by atoms with van der Waals surface area (Å²) in [6, 6.07) is 9.40. The zero-order valence-electron chi connectivity index (χ0n) is 13.9. The Kier molecular flexibility index (Phi) is 6.07. The summed E-state index contributed by atoms with van der Waals surface area (Å²) in [7, 11) is 1.76. The average molecular weight is 290 g/mol. The monoisotopic (exact) mass is 290 g/mol. The molecule has 3 nitrogen and oxygen atoms in total. The molecule has 0 aromatic heterocycles. The van der Waals surface area contributed by atoms with Gasteiger partial charge < -0.3 is 10.1 Å². The van der Waals surface area contributed by atoms with Crippen molar-refractivity contribution in [2.45, 2.75) is 45.7 Å². The fourth-order valence-electron chi connectivity index (χ4n) is 3.23. The first-order valence-electron chi connectivity index (χ1n) is 8.22. The van der Waals surface area contributed by atoms with Gasteiger partial charge in [-0.25, -0.2) is 0 Å².